The van der Waals surface area contributed by atoms with E-state index in [9.17, 15) is 13.2 Å². The fourth-order valence-electron chi connectivity index (χ4n) is 4.10. The zero-order chi connectivity index (χ0) is 20.8. The van der Waals surface area contributed by atoms with Gasteiger partial charge in [-0.2, -0.15) is 0 Å². The molecule has 2 aliphatic heterocycles. The Hall–Kier alpha value is -1.35. The van der Waals surface area contributed by atoms with Gasteiger partial charge in [-0.3, -0.25) is 9.69 Å². The summed E-state index contributed by atoms with van der Waals surface area (Å²) in [5.41, 5.74) is 2.21. The highest BCUT2D eigenvalue weighted by Gasteiger charge is 2.36. The van der Waals surface area contributed by atoms with Gasteiger partial charge >= 0.3 is 0 Å². The van der Waals surface area contributed by atoms with Crippen molar-refractivity contribution in [2.75, 3.05) is 13.1 Å². The normalized spacial score (nSPS) is 17.7. The molecule has 2 heterocycles. The predicted octanol–water partition coefficient (Wildman–Crippen LogP) is 3.68. The topological polar surface area (TPSA) is 83.7 Å². The van der Waals surface area contributed by atoms with Crippen molar-refractivity contribution in [3.05, 3.63) is 63.1 Å². The van der Waals surface area contributed by atoms with Gasteiger partial charge in [0.25, 0.3) is 5.91 Å². The summed E-state index contributed by atoms with van der Waals surface area (Å²) in [4.78, 5) is 16.9. The van der Waals surface area contributed by atoms with Gasteiger partial charge in [-0.1, -0.05) is 41.4 Å². The molecule has 0 aliphatic carbocycles. The van der Waals surface area contributed by atoms with Crippen molar-refractivity contribution in [2.24, 2.45) is 5.14 Å². The molecule has 162 valence electrons. The summed E-state index contributed by atoms with van der Waals surface area (Å²) >= 11 is 12.3. The van der Waals surface area contributed by atoms with E-state index in [4.69, 9.17) is 28.3 Å². The molecule has 2 N–H and O–H groups in total. The summed E-state index contributed by atoms with van der Waals surface area (Å²) in [6.45, 7) is 2.94. The van der Waals surface area contributed by atoms with Crippen LogP contribution < -0.4 is 5.14 Å². The first kappa shape index (κ1) is 23.3. The minimum atomic E-state index is -3.98. The molecule has 1 fully saturated rings. The summed E-state index contributed by atoms with van der Waals surface area (Å²) in [5.74, 6) is -0.161. The molecule has 0 aromatic heterocycles. The lowest BCUT2D eigenvalue weighted by Crippen LogP contribution is -2.44. The number of rotatable bonds is 4. The van der Waals surface area contributed by atoms with E-state index in [1.54, 1.807) is 6.07 Å². The van der Waals surface area contributed by atoms with Gasteiger partial charge in [0.1, 0.15) is 4.90 Å². The van der Waals surface area contributed by atoms with Crippen molar-refractivity contribution >= 4 is 51.5 Å². The zero-order valence-electron chi connectivity index (χ0n) is 16.1. The van der Waals surface area contributed by atoms with E-state index in [1.807, 2.05) is 29.2 Å². The van der Waals surface area contributed by atoms with Crippen LogP contribution in [0.1, 0.15) is 34.3 Å². The van der Waals surface area contributed by atoms with Crippen LogP contribution in [0.5, 0.6) is 0 Å². The third kappa shape index (κ3) is 4.61. The van der Waals surface area contributed by atoms with Crippen molar-refractivity contribution < 1.29 is 13.2 Å². The number of hydrogen-bond donors (Lipinski definition) is 1. The number of nitrogens with zero attached hydrogens (tertiary/aromatic N) is 2. The molecular weight excluding hydrogens is 469 g/mol. The van der Waals surface area contributed by atoms with Gasteiger partial charge in [0, 0.05) is 42.8 Å². The lowest BCUT2D eigenvalue weighted by Gasteiger charge is -2.36. The molecule has 6 nitrogen and oxygen atoms in total. The SMILES string of the molecule is Cl.NS(=O)(=O)c1cc2c(cc1Cl)CN(C1CCN(Cc3ccccc3Cl)CC1)C2=O. The summed E-state index contributed by atoms with van der Waals surface area (Å²) in [5, 5.41) is 6.03. The number of benzene rings is 2. The quantitative estimate of drug-likeness (QED) is 0.708. The Kier molecular flexibility index (Phi) is 7.01. The Labute approximate surface area is 192 Å². The molecule has 0 bridgehead atoms. The van der Waals surface area contributed by atoms with Crippen LogP contribution in [0.3, 0.4) is 0 Å². The fraction of sp³-hybridized carbons (Fsp3) is 0.350. The van der Waals surface area contributed by atoms with Crippen molar-refractivity contribution in [3.8, 4) is 0 Å². The molecule has 4 rings (SSSR count). The van der Waals surface area contributed by atoms with Crippen LogP contribution in [0.15, 0.2) is 41.3 Å². The number of carbonyl (C=O) groups excluding carboxylic acids is 1. The van der Waals surface area contributed by atoms with E-state index < -0.39 is 10.0 Å². The number of piperidine rings is 1. The Morgan fingerprint density at radius 1 is 1.07 bits per heavy atom. The highest BCUT2D eigenvalue weighted by molar-refractivity contribution is 7.89. The Balaban J connectivity index is 0.00000256. The van der Waals surface area contributed by atoms with Crippen molar-refractivity contribution in [3.63, 3.8) is 0 Å². The summed E-state index contributed by atoms with van der Waals surface area (Å²) < 4.78 is 23.4. The first-order valence-corrected chi connectivity index (χ1v) is 11.7. The van der Waals surface area contributed by atoms with E-state index in [2.05, 4.69) is 4.90 Å². The molecule has 30 heavy (non-hydrogen) atoms. The Morgan fingerprint density at radius 3 is 2.37 bits per heavy atom. The number of nitrogens with two attached hydrogens (primary N) is 1. The maximum Gasteiger partial charge on any atom is 0.254 e. The van der Waals surface area contributed by atoms with Gasteiger partial charge in [0.05, 0.1) is 5.02 Å². The molecule has 10 heteroatoms. The van der Waals surface area contributed by atoms with E-state index in [1.165, 1.54) is 6.07 Å². The second-order valence-electron chi connectivity index (χ2n) is 7.52. The molecule has 0 unspecified atom stereocenters. The van der Waals surface area contributed by atoms with Crippen molar-refractivity contribution in [1.82, 2.24) is 9.80 Å². The van der Waals surface area contributed by atoms with Crippen LogP contribution in [0, 0.1) is 0 Å². The van der Waals surface area contributed by atoms with Crippen LogP contribution in [0.2, 0.25) is 10.0 Å². The molecule has 0 atom stereocenters. The maximum absolute atomic E-state index is 12.9. The lowest BCUT2D eigenvalue weighted by molar-refractivity contribution is 0.0590. The average Bonchev–Trinajstić information content (AvgIpc) is 2.98. The Morgan fingerprint density at radius 2 is 1.73 bits per heavy atom. The number of fused-ring (bicyclic) bond motifs is 1. The number of halogens is 3. The zero-order valence-corrected chi connectivity index (χ0v) is 19.2. The van der Waals surface area contributed by atoms with Crippen LogP contribution in [0.25, 0.3) is 0 Å². The second-order valence-corrected chi connectivity index (χ2v) is 9.86. The van der Waals surface area contributed by atoms with Gasteiger partial charge in [-0.25, -0.2) is 13.6 Å². The largest absolute Gasteiger partial charge is 0.331 e. The van der Waals surface area contributed by atoms with Crippen LogP contribution in [0.4, 0.5) is 0 Å². The number of sulfonamides is 1. The van der Waals surface area contributed by atoms with E-state index in [-0.39, 0.29) is 34.3 Å². The smallest absolute Gasteiger partial charge is 0.254 e. The molecule has 2 aromatic rings. The molecule has 0 saturated carbocycles. The monoisotopic (exact) mass is 489 g/mol. The fourth-order valence-corrected chi connectivity index (χ4v) is 5.42. The predicted molar refractivity (Wildman–Crippen MR) is 120 cm³/mol. The summed E-state index contributed by atoms with van der Waals surface area (Å²) in [7, 11) is -3.98. The molecule has 2 aliphatic rings. The van der Waals surface area contributed by atoms with Crippen molar-refractivity contribution in [1.29, 1.82) is 0 Å². The van der Waals surface area contributed by atoms with Crippen molar-refractivity contribution in [2.45, 2.75) is 36.9 Å². The third-order valence-corrected chi connectivity index (χ3v) is 7.39. The van der Waals surface area contributed by atoms with E-state index >= 15 is 0 Å². The number of carbonyl (C=O) groups is 1. The van der Waals surface area contributed by atoms with Gasteiger partial charge in [0.15, 0.2) is 0 Å². The first-order chi connectivity index (χ1) is 13.7. The molecule has 2 aromatic carbocycles. The molecule has 0 spiro atoms. The Bertz CT molecular complexity index is 1070. The van der Waals surface area contributed by atoms with E-state index in [0.717, 1.165) is 48.6 Å². The van der Waals surface area contributed by atoms with Crippen LogP contribution in [-0.4, -0.2) is 43.3 Å². The van der Waals surface area contributed by atoms with Gasteiger partial charge in [-0.15, -0.1) is 12.4 Å². The van der Waals surface area contributed by atoms with Gasteiger partial charge in [-0.05, 0) is 42.2 Å². The summed E-state index contributed by atoms with van der Waals surface area (Å²) in [6.07, 6.45) is 1.69. The lowest BCUT2D eigenvalue weighted by atomic mass is 10.0. The molecular formula is C20H22Cl3N3O3S. The highest BCUT2D eigenvalue weighted by Crippen LogP contribution is 2.33. The molecule has 1 saturated heterocycles. The standard InChI is InChI=1S/C20H21Cl2N3O3S.ClH/c21-17-4-2-1-3-13(17)11-24-7-5-15(6-8-24)25-12-14-9-18(22)19(29(23,27)28)10-16(14)20(25)26;/h1-4,9-10,15H,5-8,11-12H2,(H2,23,27,28);1H. The third-order valence-electron chi connectivity index (χ3n) is 5.65. The van der Waals surface area contributed by atoms with Crippen LogP contribution >= 0.6 is 35.6 Å². The highest BCUT2D eigenvalue weighted by atomic mass is 35.5. The van der Waals surface area contributed by atoms with Gasteiger partial charge < -0.3 is 4.90 Å². The average molecular weight is 491 g/mol. The van der Waals surface area contributed by atoms with Crippen LogP contribution in [-0.2, 0) is 23.1 Å². The summed E-state index contributed by atoms with van der Waals surface area (Å²) in [6, 6.07) is 10.8. The number of likely N-dealkylation sites (tertiary alicyclic amines) is 1. The number of amides is 1. The molecule has 0 radical (unpaired) electrons. The minimum Gasteiger partial charge on any atom is -0.331 e. The second kappa shape index (κ2) is 9.02. The first-order valence-electron chi connectivity index (χ1n) is 9.36. The molecule has 1 amide bonds. The number of primary sulfonamides is 1. The maximum atomic E-state index is 12.9. The minimum absolute atomic E-state index is 0. The van der Waals surface area contributed by atoms with E-state index in [0.29, 0.717) is 12.1 Å². The number of hydrogen-bond acceptors (Lipinski definition) is 4. The van der Waals surface area contributed by atoms with Gasteiger partial charge in [0.2, 0.25) is 10.0 Å².